The molecule has 3 heterocycles. The van der Waals surface area contributed by atoms with E-state index in [2.05, 4.69) is 14.7 Å². The van der Waals surface area contributed by atoms with E-state index in [1.165, 1.54) is 0 Å². The molecule has 0 spiro atoms. The number of hydrogen-bond donors (Lipinski definition) is 0. The second kappa shape index (κ2) is 9.28. The van der Waals surface area contributed by atoms with Crippen molar-refractivity contribution in [3.05, 3.63) is 29.7 Å². The number of ether oxygens (including phenoxy) is 1. The number of aromatic nitrogens is 2. The van der Waals surface area contributed by atoms with Gasteiger partial charge in [0.25, 0.3) is 17.7 Å². The zero-order valence-corrected chi connectivity index (χ0v) is 19.8. The predicted molar refractivity (Wildman–Crippen MR) is 114 cm³/mol. The third-order valence-electron chi connectivity index (χ3n) is 6.06. The van der Waals surface area contributed by atoms with Crippen LogP contribution in [0.3, 0.4) is 0 Å². The van der Waals surface area contributed by atoms with Crippen molar-refractivity contribution in [3.8, 4) is 5.75 Å². The van der Waals surface area contributed by atoms with Crippen LogP contribution in [0.2, 0.25) is 0 Å². The highest BCUT2D eigenvalue weighted by Gasteiger charge is 2.38. The van der Waals surface area contributed by atoms with Gasteiger partial charge in [0.2, 0.25) is 0 Å². The number of halogens is 4. The fourth-order valence-corrected chi connectivity index (χ4v) is 5.01. The number of likely N-dealkylation sites (tertiary alicyclic amines) is 1. The summed E-state index contributed by atoms with van der Waals surface area (Å²) in [5, 5.41) is 3.61. The minimum Gasteiger partial charge on any atom is -0.477 e. The number of alkyl halides is 2. The van der Waals surface area contributed by atoms with E-state index < -0.39 is 50.0 Å². The van der Waals surface area contributed by atoms with Gasteiger partial charge in [0.15, 0.2) is 27.5 Å². The second-order valence-electron chi connectivity index (χ2n) is 8.77. The van der Waals surface area contributed by atoms with Gasteiger partial charge in [-0.25, -0.2) is 17.2 Å². The number of carbonyl (C=O) groups excluding carboxylic acids is 1. The summed E-state index contributed by atoms with van der Waals surface area (Å²) in [6.45, 7) is 1.93. The first-order valence-corrected chi connectivity index (χ1v) is 12.9. The Hall–Kier alpha value is -2.90. The van der Waals surface area contributed by atoms with Gasteiger partial charge in [0.05, 0.1) is 0 Å². The maximum atomic E-state index is 14.4. The lowest BCUT2D eigenvalue weighted by atomic mass is 9.98. The average molecular weight is 521 g/mol. The fraction of sp³-hybridized carbons (Fsp3) is 0.571. The first-order chi connectivity index (χ1) is 16.3. The molecule has 0 bridgehead atoms. The molecule has 2 aliphatic rings. The number of nitrogens with zero attached hydrogens (tertiary/aromatic N) is 4. The molecule has 1 amide bonds. The van der Waals surface area contributed by atoms with Gasteiger partial charge < -0.3 is 19.1 Å². The molecule has 0 aliphatic carbocycles. The van der Waals surface area contributed by atoms with Crippen molar-refractivity contribution < 1.29 is 40.0 Å². The summed E-state index contributed by atoms with van der Waals surface area (Å²) in [4.78, 5) is 19.4. The molecule has 2 aromatic rings. The molecule has 1 aromatic carbocycles. The summed E-state index contributed by atoms with van der Waals surface area (Å²) >= 11 is 0. The van der Waals surface area contributed by atoms with Crippen molar-refractivity contribution in [2.24, 2.45) is 0 Å². The molecule has 35 heavy (non-hydrogen) atoms. The van der Waals surface area contributed by atoms with Crippen LogP contribution in [0, 0.1) is 11.6 Å². The first kappa shape index (κ1) is 25.2. The Labute approximate surface area is 198 Å². The number of hydrogen-bond acceptors (Lipinski definition) is 8. The molecule has 0 unspecified atom stereocenters. The summed E-state index contributed by atoms with van der Waals surface area (Å²) in [6.07, 6.45) is 1.59. The molecule has 2 aliphatic heterocycles. The molecule has 0 N–H and O–H groups in total. The standard InChI is InChI=1S/C21H24F4N4O5S/c1-21(24,25)19-26-20(27-34-19)28-8-5-12(6-9-28)29-7-3-4-15(18(29)30)33-16-10-14(23)17(11-13(16)22)35(2,31)32/h10-12,15H,3-9H2,1-2H3/t15-/m0/s1. The zero-order chi connectivity index (χ0) is 25.5. The van der Waals surface area contributed by atoms with Gasteiger partial charge in [-0.3, -0.25) is 4.79 Å². The molecule has 4 rings (SSSR count). The van der Waals surface area contributed by atoms with Crippen molar-refractivity contribution in [2.75, 3.05) is 30.8 Å². The minimum atomic E-state index is -3.97. The van der Waals surface area contributed by atoms with Gasteiger partial charge in [-0.1, -0.05) is 0 Å². The largest absolute Gasteiger partial charge is 0.477 e. The lowest BCUT2D eigenvalue weighted by molar-refractivity contribution is -0.145. The number of anilines is 1. The number of amides is 1. The van der Waals surface area contributed by atoms with E-state index in [1.54, 1.807) is 9.80 Å². The van der Waals surface area contributed by atoms with E-state index in [0.717, 1.165) is 6.26 Å². The summed E-state index contributed by atoms with van der Waals surface area (Å²) in [5.74, 6) is -7.12. The van der Waals surface area contributed by atoms with E-state index in [0.29, 0.717) is 64.4 Å². The number of piperidine rings is 2. The van der Waals surface area contributed by atoms with E-state index in [4.69, 9.17) is 4.74 Å². The van der Waals surface area contributed by atoms with Crippen LogP contribution < -0.4 is 9.64 Å². The van der Waals surface area contributed by atoms with Crippen LogP contribution in [-0.2, 0) is 20.6 Å². The van der Waals surface area contributed by atoms with Crippen LogP contribution in [0.15, 0.2) is 21.6 Å². The van der Waals surface area contributed by atoms with Gasteiger partial charge in [0, 0.05) is 44.9 Å². The third-order valence-corrected chi connectivity index (χ3v) is 7.17. The maximum Gasteiger partial charge on any atom is 0.322 e. The number of benzene rings is 1. The Kier molecular flexibility index (Phi) is 6.68. The molecule has 14 heteroatoms. The Bertz CT molecular complexity index is 1210. The summed E-state index contributed by atoms with van der Waals surface area (Å²) < 4.78 is 88.6. The van der Waals surface area contributed by atoms with Gasteiger partial charge in [-0.05, 0) is 36.9 Å². The molecule has 192 valence electrons. The number of carbonyl (C=O) groups is 1. The Morgan fingerprint density at radius 1 is 1.11 bits per heavy atom. The monoisotopic (exact) mass is 520 g/mol. The molecule has 1 atom stereocenters. The number of rotatable bonds is 6. The van der Waals surface area contributed by atoms with Gasteiger partial charge >= 0.3 is 5.92 Å². The summed E-state index contributed by atoms with van der Waals surface area (Å²) in [5.41, 5.74) is 0. The Morgan fingerprint density at radius 2 is 1.80 bits per heavy atom. The van der Waals surface area contributed by atoms with Crippen LogP contribution in [0.4, 0.5) is 23.5 Å². The second-order valence-corrected chi connectivity index (χ2v) is 10.8. The van der Waals surface area contributed by atoms with Gasteiger partial charge in [-0.15, -0.1) is 0 Å². The fourth-order valence-electron chi connectivity index (χ4n) is 4.28. The van der Waals surface area contributed by atoms with Crippen molar-refractivity contribution in [1.29, 1.82) is 0 Å². The van der Waals surface area contributed by atoms with Gasteiger partial charge in [0.1, 0.15) is 10.7 Å². The van der Waals surface area contributed by atoms with Crippen molar-refractivity contribution in [3.63, 3.8) is 0 Å². The highest BCUT2D eigenvalue weighted by Crippen LogP contribution is 2.31. The molecule has 0 saturated carbocycles. The predicted octanol–water partition coefficient (Wildman–Crippen LogP) is 2.90. The first-order valence-electron chi connectivity index (χ1n) is 11.0. The topological polar surface area (TPSA) is 106 Å². The molecule has 0 radical (unpaired) electrons. The highest BCUT2D eigenvalue weighted by atomic mass is 32.2. The third kappa shape index (κ3) is 5.36. The molecular formula is C21H24F4N4O5S. The minimum absolute atomic E-state index is 0.0567. The number of sulfone groups is 1. The highest BCUT2D eigenvalue weighted by molar-refractivity contribution is 7.90. The molecular weight excluding hydrogens is 496 g/mol. The van der Waals surface area contributed by atoms with Crippen LogP contribution in [0.5, 0.6) is 5.75 Å². The van der Waals surface area contributed by atoms with E-state index >= 15 is 0 Å². The smallest absolute Gasteiger partial charge is 0.322 e. The lowest BCUT2D eigenvalue weighted by Gasteiger charge is -2.41. The molecule has 2 fully saturated rings. The Morgan fingerprint density at radius 3 is 2.40 bits per heavy atom. The lowest BCUT2D eigenvalue weighted by Crippen LogP contribution is -2.54. The van der Waals surface area contributed by atoms with Gasteiger partial charge in [-0.2, -0.15) is 13.8 Å². The maximum absolute atomic E-state index is 14.4. The van der Waals surface area contributed by atoms with Crippen LogP contribution in [-0.4, -0.2) is 67.4 Å². The molecule has 2 saturated heterocycles. The van der Waals surface area contributed by atoms with Crippen molar-refractivity contribution >= 4 is 21.7 Å². The SMILES string of the molecule is CC(F)(F)c1nc(N2CCC(N3CCC[C@H](Oc4cc(F)c(S(C)(=O)=O)cc4F)C3=O)CC2)no1. The average Bonchev–Trinajstić information content (AvgIpc) is 3.28. The van der Waals surface area contributed by atoms with Crippen molar-refractivity contribution in [2.45, 2.75) is 55.6 Å². The van der Waals surface area contributed by atoms with E-state index in [1.807, 2.05) is 0 Å². The van der Waals surface area contributed by atoms with Crippen molar-refractivity contribution in [1.82, 2.24) is 15.0 Å². The van der Waals surface area contributed by atoms with E-state index in [-0.39, 0.29) is 17.9 Å². The van der Waals surface area contributed by atoms with Crippen LogP contribution in [0.1, 0.15) is 38.5 Å². The van der Waals surface area contributed by atoms with Crippen LogP contribution >= 0.6 is 0 Å². The molecule has 1 aromatic heterocycles. The summed E-state index contributed by atoms with van der Waals surface area (Å²) in [6, 6.07) is 1.01. The zero-order valence-electron chi connectivity index (χ0n) is 19.0. The quantitative estimate of drug-likeness (QED) is 0.536. The van der Waals surface area contributed by atoms with E-state index in [9.17, 15) is 30.8 Å². The molecule has 9 nitrogen and oxygen atoms in total. The van der Waals surface area contributed by atoms with Crippen LogP contribution in [0.25, 0.3) is 0 Å². The normalized spacial score (nSPS) is 20.4. The Balaban J connectivity index is 1.40. The summed E-state index contributed by atoms with van der Waals surface area (Å²) in [7, 11) is -3.97.